The van der Waals surface area contributed by atoms with Crippen molar-refractivity contribution in [3.63, 3.8) is 0 Å². The third-order valence-electron chi connectivity index (χ3n) is 5.65. The fourth-order valence-corrected chi connectivity index (χ4v) is 4.27. The van der Waals surface area contributed by atoms with Crippen molar-refractivity contribution in [3.05, 3.63) is 33.8 Å². The number of likely N-dealkylation sites (tertiary alicyclic amines) is 1. The van der Waals surface area contributed by atoms with E-state index in [0.717, 1.165) is 51.1 Å². The van der Waals surface area contributed by atoms with Gasteiger partial charge in [0.2, 0.25) is 5.91 Å². The predicted molar refractivity (Wildman–Crippen MR) is 98.6 cm³/mol. The van der Waals surface area contributed by atoms with Crippen LogP contribution < -0.4 is 0 Å². The highest BCUT2D eigenvalue weighted by atomic mass is 35.5. The lowest BCUT2D eigenvalue weighted by Gasteiger charge is -2.49. The molecule has 0 radical (unpaired) electrons. The Labute approximate surface area is 154 Å². The topological polar surface area (TPSA) is 26.8 Å². The van der Waals surface area contributed by atoms with Crippen molar-refractivity contribution >= 4 is 29.1 Å². The molecule has 1 aromatic rings. The van der Waals surface area contributed by atoms with Crippen LogP contribution in [0.2, 0.25) is 10.0 Å². The lowest BCUT2D eigenvalue weighted by Crippen LogP contribution is -2.60. The molecular formula is C18H25Cl2N3O. The van der Waals surface area contributed by atoms with Crippen LogP contribution in [0.3, 0.4) is 0 Å². The quantitative estimate of drug-likeness (QED) is 0.801. The zero-order chi connectivity index (χ0) is 17.3. The molecule has 1 aromatic carbocycles. The molecule has 132 valence electrons. The van der Waals surface area contributed by atoms with Crippen LogP contribution in [0.5, 0.6) is 0 Å². The van der Waals surface area contributed by atoms with E-state index >= 15 is 0 Å². The Morgan fingerprint density at radius 3 is 2.71 bits per heavy atom. The highest BCUT2D eigenvalue weighted by Crippen LogP contribution is 2.33. The van der Waals surface area contributed by atoms with Crippen molar-refractivity contribution in [2.24, 2.45) is 0 Å². The summed E-state index contributed by atoms with van der Waals surface area (Å²) in [5, 5.41) is 1.27. The van der Waals surface area contributed by atoms with Gasteiger partial charge in [-0.25, -0.2) is 0 Å². The van der Waals surface area contributed by atoms with Crippen LogP contribution in [0.15, 0.2) is 18.2 Å². The van der Waals surface area contributed by atoms with Crippen molar-refractivity contribution in [1.82, 2.24) is 14.7 Å². The van der Waals surface area contributed by atoms with Gasteiger partial charge in [-0.15, -0.1) is 0 Å². The maximum absolute atomic E-state index is 12.1. The molecule has 0 bridgehead atoms. The molecule has 2 aliphatic heterocycles. The number of amides is 1. The minimum absolute atomic E-state index is 0.0731. The number of nitrogens with zero attached hydrogens (tertiary/aromatic N) is 3. The number of rotatable bonds is 2. The number of likely N-dealkylation sites (N-methyl/N-ethyl adjacent to an activating group) is 1. The average Bonchev–Trinajstić information content (AvgIpc) is 2.70. The lowest BCUT2D eigenvalue weighted by atomic mass is 9.86. The summed E-state index contributed by atoms with van der Waals surface area (Å²) in [6.07, 6.45) is 2.57. The molecule has 4 nitrogen and oxygen atoms in total. The fourth-order valence-electron chi connectivity index (χ4n) is 3.89. The van der Waals surface area contributed by atoms with Crippen molar-refractivity contribution in [3.8, 4) is 0 Å². The van der Waals surface area contributed by atoms with Gasteiger partial charge in [-0.3, -0.25) is 14.6 Å². The lowest BCUT2D eigenvalue weighted by molar-refractivity contribution is -0.129. The SMILES string of the molecule is CN1CCC2(CCC1=O)CN(Cc1cccc(Cl)c1Cl)CCN2C. The Bertz CT molecular complexity index is 624. The van der Waals surface area contributed by atoms with E-state index < -0.39 is 0 Å². The van der Waals surface area contributed by atoms with Crippen molar-refractivity contribution in [1.29, 1.82) is 0 Å². The van der Waals surface area contributed by atoms with Gasteiger partial charge in [-0.1, -0.05) is 35.3 Å². The van der Waals surface area contributed by atoms with Crippen LogP contribution in [0.4, 0.5) is 0 Å². The molecule has 6 heteroatoms. The smallest absolute Gasteiger partial charge is 0.222 e. The van der Waals surface area contributed by atoms with E-state index in [-0.39, 0.29) is 11.4 Å². The molecule has 1 atom stereocenters. The fraction of sp³-hybridized carbons (Fsp3) is 0.611. The summed E-state index contributed by atoms with van der Waals surface area (Å²) < 4.78 is 0. The first-order valence-corrected chi connectivity index (χ1v) is 9.27. The van der Waals surface area contributed by atoms with Gasteiger partial charge >= 0.3 is 0 Å². The van der Waals surface area contributed by atoms with Gasteiger partial charge in [0.1, 0.15) is 0 Å². The number of hydrogen-bond donors (Lipinski definition) is 0. The number of benzene rings is 1. The van der Waals surface area contributed by atoms with Crippen molar-refractivity contribution in [2.75, 3.05) is 40.3 Å². The Kier molecular flexibility index (Phi) is 5.40. The second-order valence-electron chi connectivity index (χ2n) is 7.13. The zero-order valence-electron chi connectivity index (χ0n) is 14.4. The van der Waals surface area contributed by atoms with Gasteiger partial charge in [0.15, 0.2) is 0 Å². The molecule has 2 aliphatic rings. The van der Waals surface area contributed by atoms with E-state index in [4.69, 9.17) is 23.2 Å². The highest BCUT2D eigenvalue weighted by Gasteiger charge is 2.41. The van der Waals surface area contributed by atoms with Crippen LogP contribution >= 0.6 is 23.2 Å². The zero-order valence-corrected chi connectivity index (χ0v) is 15.9. The molecule has 2 fully saturated rings. The third-order valence-corrected chi connectivity index (χ3v) is 6.51. The van der Waals surface area contributed by atoms with Gasteiger partial charge in [0.25, 0.3) is 0 Å². The third kappa shape index (κ3) is 3.57. The minimum atomic E-state index is 0.0731. The van der Waals surface area contributed by atoms with E-state index in [1.54, 1.807) is 0 Å². The molecule has 24 heavy (non-hydrogen) atoms. The number of carbonyl (C=O) groups excluding carboxylic acids is 1. The van der Waals surface area contributed by atoms with Gasteiger partial charge in [0, 0.05) is 51.7 Å². The van der Waals surface area contributed by atoms with E-state index in [2.05, 4.69) is 16.8 Å². The predicted octanol–water partition coefficient (Wildman–Crippen LogP) is 3.12. The Balaban J connectivity index is 1.75. The highest BCUT2D eigenvalue weighted by molar-refractivity contribution is 6.42. The summed E-state index contributed by atoms with van der Waals surface area (Å²) >= 11 is 12.5. The largest absolute Gasteiger partial charge is 0.346 e. The maximum Gasteiger partial charge on any atom is 0.222 e. The summed E-state index contributed by atoms with van der Waals surface area (Å²) in [4.78, 5) is 18.8. The summed E-state index contributed by atoms with van der Waals surface area (Å²) in [5.74, 6) is 0.260. The van der Waals surface area contributed by atoms with E-state index in [9.17, 15) is 4.79 Å². The van der Waals surface area contributed by atoms with Crippen LogP contribution in [0.1, 0.15) is 24.8 Å². The maximum atomic E-state index is 12.1. The van der Waals surface area contributed by atoms with E-state index in [0.29, 0.717) is 16.5 Å². The molecule has 3 rings (SSSR count). The molecule has 2 heterocycles. The molecular weight excluding hydrogens is 345 g/mol. The first-order valence-electron chi connectivity index (χ1n) is 8.52. The summed E-state index contributed by atoms with van der Waals surface area (Å²) in [6.45, 7) is 4.61. The Morgan fingerprint density at radius 1 is 1.12 bits per heavy atom. The standard InChI is InChI=1S/C18H25Cl2N3O/c1-21-9-8-18(7-6-16(21)24)13-23(11-10-22(18)2)12-14-4-3-5-15(19)17(14)20/h3-5H,6-13H2,1-2H3. The Hall–Kier alpha value is -0.810. The summed E-state index contributed by atoms with van der Waals surface area (Å²) in [5.41, 5.74) is 1.15. The first-order chi connectivity index (χ1) is 11.4. The van der Waals surface area contributed by atoms with E-state index in [1.807, 2.05) is 30.1 Å². The van der Waals surface area contributed by atoms with Crippen molar-refractivity contribution in [2.45, 2.75) is 31.3 Å². The van der Waals surface area contributed by atoms with Crippen LogP contribution in [-0.4, -0.2) is 66.4 Å². The number of piperazine rings is 1. The number of carbonyl (C=O) groups is 1. The average molecular weight is 370 g/mol. The molecule has 0 N–H and O–H groups in total. The summed E-state index contributed by atoms with van der Waals surface area (Å²) in [7, 11) is 4.10. The summed E-state index contributed by atoms with van der Waals surface area (Å²) in [6, 6.07) is 5.82. The van der Waals surface area contributed by atoms with Crippen LogP contribution in [-0.2, 0) is 11.3 Å². The molecule has 2 saturated heterocycles. The second-order valence-corrected chi connectivity index (χ2v) is 7.92. The van der Waals surface area contributed by atoms with Gasteiger partial charge < -0.3 is 4.90 Å². The number of hydrogen-bond acceptors (Lipinski definition) is 3. The molecule has 1 unspecified atom stereocenters. The Morgan fingerprint density at radius 2 is 1.92 bits per heavy atom. The van der Waals surface area contributed by atoms with Crippen molar-refractivity contribution < 1.29 is 4.79 Å². The molecule has 1 amide bonds. The molecule has 0 aromatic heterocycles. The monoisotopic (exact) mass is 369 g/mol. The molecule has 0 saturated carbocycles. The van der Waals surface area contributed by atoms with Gasteiger partial charge in [-0.05, 0) is 31.5 Å². The van der Waals surface area contributed by atoms with E-state index in [1.165, 1.54) is 0 Å². The van der Waals surface area contributed by atoms with Gasteiger partial charge in [0.05, 0.1) is 10.0 Å². The van der Waals surface area contributed by atoms with Crippen LogP contribution in [0, 0.1) is 0 Å². The first kappa shape index (κ1) is 18.0. The molecule has 1 spiro atoms. The van der Waals surface area contributed by atoms with Gasteiger partial charge in [-0.2, -0.15) is 0 Å². The number of halogens is 2. The van der Waals surface area contributed by atoms with Crippen LogP contribution in [0.25, 0.3) is 0 Å². The molecule has 0 aliphatic carbocycles. The normalized spacial score (nSPS) is 26.8. The minimum Gasteiger partial charge on any atom is -0.346 e. The second kappa shape index (κ2) is 7.20.